The van der Waals surface area contributed by atoms with Gasteiger partial charge in [0.05, 0.1) is 7.11 Å². The number of amides is 2. The number of likely N-dealkylation sites (tertiary alicyclic amines) is 1. The standard InChI is InChI=1S/C30H32FN5O3/c1-20-23(6-3-7-27(20)31)19-36-16-4-5-21(18-36)17-28-34-29(35-39-28)22-8-10-24(11-9-22)32-30(37)33-25-12-14-26(38-2)15-13-25/h3,6-15,21H,4-5,16-19H2,1-2H3,(H2,32,33,37). The largest absolute Gasteiger partial charge is 0.497 e. The van der Waals surface area contributed by atoms with Gasteiger partial charge in [-0.3, -0.25) is 4.90 Å². The first kappa shape index (κ1) is 26.4. The number of benzene rings is 3. The molecule has 39 heavy (non-hydrogen) atoms. The van der Waals surface area contributed by atoms with E-state index in [1.807, 2.05) is 25.1 Å². The van der Waals surface area contributed by atoms with Gasteiger partial charge < -0.3 is 19.9 Å². The summed E-state index contributed by atoms with van der Waals surface area (Å²) in [5, 5.41) is 9.77. The lowest BCUT2D eigenvalue weighted by Crippen LogP contribution is -2.36. The van der Waals surface area contributed by atoms with Gasteiger partial charge >= 0.3 is 6.03 Å². The number of carbonyl (C=O) groups excluding carboxylic acids is 1. The molecule has 1 aliphatic heterocycles. The Hall–Kier alpha value is -4.24. The van der Waals surface area contributed by atoms with Crippen LogP contribution in [0.4, 0.5) is 20.6 Å². The number of nitrogens with one attached hydrogen (secondary N) is 2. The minimum absolute atomic E-state index is 0.153. The maximum absolute atomic E-state index is 13.9. The summed E-state index contributed by atoms with van der Waals surface area (Å²) in [7, 11) is 1.59. The molecule has 1 saturated heterocycles. The molecule has 1 fully saturated rings. The first-order valence-corrected chi connectivity index (χ1v) is 13.1. The third-order valence-electron chi connectivity index (χ3n) is 7.06. The van der Waals surface area contributed by atoms with Gasteiger partial charge in [-0.15, -0.1) is 0 Å². The van der Waals surface area contributed by atoms with E-state index in [4.69, 9.17) is 9.26 Å². The van der Waals surface area contributed by atoms with Gasteiger partial charge in [-0.05, 0) is 98.0 Å². The van der Waals surface area contributed by atoms with Crippen LogP contribution in [0.25, 0.3) is 11.4 Å². The van der Waals surface area contributed by atoms with Crippen molar-refractivity contribution in [2.75, 3.05) is 30.8 Å². The number of anilines is 2. The lowest BCUT2D eigenvalue weighted by Gasteiger charge is -2.32. The van der Waals surface area contributed by atoms with Crippen molar-refractivity contribution in [1.82, 2.24) is 15.0 Å². The second-order valence-electron chi connectivity index (χ2n) is 9.87. The van der Waals surface area contributed by atoms with E-state index in [0.29, 0.717) is 35.4 Å². The topological polar surface area (TPSA) is 92.5 Å². The molecule has 9 heteroatoms. The van der Waals surface area contributed by atoms with Crippen LogP contribution in [-0.2, 0) is 13.0 Å². The average molecular weight is 530 g/mol. The number of methoxy groups -OCH3 is 1. The van der Waals surface area contributed by atoms with Gasteiger partial charge in [0.2, 0.25) is 11.7 Å². The number of hydrogen-bond donors (Lipinski definition) is 2. The summed E-state index contributed by atoms with van der Waals surface area (Å²) in [6.07, 6.45) is 2.88. The predicted molar refractivity (Wildman–Crippen MR) is 148 cm³/mol. The van der Waals surface area contributed by atoms with Crippen molar-refractivity contribution >= 4 is 17.4 Å². The molecule has 0 saturated carbocycles. The Morgan fingerprint density at radius 3 is 2.51 bits per heavy atom. The molecule has 5 rings (SSSR count). The molecule has 2 N–H and O–H groups in total. The first-order valence-electron chi connectivity index (χ1n) is 13.1. The highest BCUT2D eigenvalue weighted by atomic mass is 19.1. The van der Waals surface area contributed by atoms with Crippen molar-refractivity contribution in [2.45, 2.75) is 32.7 Å². The van der Waals surface area contributed by atoms with E-state index < -0.39 is 0 Å². The highest BCUT2D eigenvalue weighted by Gasteiger charge is 2.23. The molecule has 0 radical (unpaired) electrons. The summed E-state index contributed by atoms with van der Waals surface area (Å²) >= 11 is 0. The zero-order valence-corrected chi connectivity index (χ0v) is 22.1. The van der Waals surface area contributed by atoms with Crippen LogP contribution in [0.15, 0.2) is 71.3 Å². The number of hydrogen-bond acceptors (Lipinski definition) is 6. The average Bonchev–Trinajstić information content (AvgIpc) is 3.41. The molecular weight excluding hydrogens is 497 g/mol. The Morgan fingerprint density at radius 1 is 1.08 bits per heavy atom. The smallest absolute Gasteiger partial charge is 0.323 e. The van der Waals surface area contributed by atoms with E-state index in [0.717, 1.165) is 54.9 Å². The van der Waals surface area contributed by atoms with E-state index in [1.54, 1.807) is 49.6 Å². The highest BCUT2D eigenvalue weighted by molar-refractivity contribution is 5.99. The zero-order chi connectivity index (χ0) is 27.2. The summed E-state index contributed by atoms with van der Waals surface area (Å²) in [6, 6.07) is 19.3. The zero-order valence-electron chi connectivity index (χ0n) is 22.1. The number of carbonyl (C=O) groups is 1. The summed E-state index contributed by atoms with van der Waals surface area (Å²) in [6.45, 7) is 4.49. The van der Waals surface area contributed by atoms with Crippen LogP contribution in [0.2, 0.25) is 0 Å². The van der Waals surface area contributed by atoms with Crippen LogP contribution < -0.4 is 15.4 Å². The highest BCUT2D eigenvalue weighted by Crippen LogP contribution is 2.25. The minimum atomic E-state index is -0.344. The van der Waals surface area contributed by atoms with Crippen molar-refractivity contribution in [2.24, 2.45) is 5.92 Å². The van der Waals surface area contributed by atoms with Gasteiger partial charge in [0.15, 0.2) is 0 Å². The van der Waals surface area contributed by atoms with Gasteiger partial charge in [-0.25, -0.2) is 9.18 Å². The maximum Gasteiger partial charge on any atom is 0.323 e. The molecule has 0 spiro atoms. The summed E-state index contributed by atoms with van der Waals surface area (Å²) < 4.78 is 24.6. The normalized spacial score (nSPS) is 15.6. The van der Waals surface area contributed by atoms with Gasteiger partial charge in [-0.2, -0.15) is 4.98 Å². The SMILES string of the molecule is COc1ccc(NC(=O)Nc2ccc(-c3noc(CC4CCCN(Cc5cccc(F)c5C)C4)n3)cc2)cc1. The molecule has 1 atom stereocenters. The molecule has 2 heterocycles. The van der Waals surface area contributed by atoms with E-state index >= 15 is 0 Å². The number of nitrogens with zero attached hydrogens (tertiary/aromatic N) is 3. The second kappa shape index (κ2) is 12.1. The van der Waals surface area contributed by atoms with Crippen molar-refractivity contribution in [3.8, 4) is 17.1 Å². The summed E-state index contributed by atoms with van der Waals surface area (Å²) in [5.41, 5.74) is 3.86. The molecule has 1 aromatic heterocycles. The van der Waals surface area contributed by atoms with E-state index in [9.17, 15) is 9.18 Å². The predicted octanol–water partition coefficient (Wildman–Crippen LogP) is 6.29. The van der Waals surface area contributed by atoms with Crippen LogP contribution in [0.3, 0.4) is 0 Å². The third-order valence-corrected chi connectivity index (χ3v) is 7.06. The fraction of sp³-hybridized carbons (Fsp3) is 0.300. The quantitative estimate of drug-likeness (QED) is 0.279. The van der Waals surface area contributed by atoms with Crippen molar-refractivity contribution in [3.63, 3.8) is 0 Å². The fourth-order valence-corrected chi connectivity index (χ4v) is 4.90. The van der Waals surface area contributed by atoms with Gasteiger partial charge in [0, 0.05) is 36.4 Å². The van der Waals surface area contributed by atoms with Crippen LogP contribution in [0, 0.1) is 18.7 Å². The number of urea groups is 1. The minimum Gasteiger partial charge on any atom is -0.497 e. The molecule has 202 valence electrons. The first-order chi connectivity index (χ1) is 19.0. The van der Waals surface area contributed by atoms with E-state index in [1.165, 1.54) is 6.07 Å². The van der Waals surface area contributed by atoms with E-state index in [2.05, 4.69) is 25.7 Å². The molecular formula is C30H32FN5O3. The molecule has 1 aliphatic rings. The van der Waals surface area contributed by atoms with Crippen molar-refractivity contribution < 1.29 is 18.4 Å². The fourth-order valence-electron chi connectivity index (χ4n) is 4.90. The number of halogens is 1. The Bertz CT molecular complexity index is 1410. The molecule has 0 aliphatic carbocycles. The Balaban J connectivity index is 1.14. The van der Waals surface area contributed by atoms with Crippen LogP contribution in [0.5, 0.6) is 5.75 Å². The van der Waals surface area contributed by atoms with Crippen LogP contribution in [-0.4, -0.2) is 41.3 Å². The number of rotatable bonds is 8. The molecule has 2 amide bonds. The summed E-state index contributed by atoms with van der Waals surface area (Å²) in [4.78, 5) is 19.3. The summed E-state index contributed by atoms with van der Waals surface area (Å²) in [5.74, 6) is 2.09. The third kappa shape index (κ3) is 6.80. The second-order valence-corrected chi connectivity index (χ2v) is 9.87. The lowest BCUT2D eigenvalue weighted by molar-refractivity contribution is 0.160. The Kier molecular flexibility index (Phi) is 8.17. The molecule has 8 nitrogen and oxygen atoms in total. The lowest BCUT2D eigenvalue weighted by atomic mass is 9.94. The molecule has 1 unspecified atom stereocenters. The monoisotopic (exact) mass is 529 g/mol. The maximum atomic E-state index is 13.9. The van der Waals surface area contributed by atoms with Gasteiger partial charge in [-0.1, -0.05) is 17.3 Å². The number of aromatic nitrogens is 2. The number of piperidine rings is 1. The Morgan fingerprint density at radius 2 is 1.79 bits per heavy atom. The van der Waals surface area contributed by atoms with Crippen molar-refractivity contribution in [1.29, 1.82) is 0 Å². The van der Waals surface area contributed by atoms with Gasteiger partial charge in [0.25, 0.3) is 0 Å². The molecule has 3 aromatic carbocycles. The number of ether oxygens (including phenoxy) is 1. The molecule has 0 bridgehead atoms. The van der Waals surface area contributed by atoms with Crippen molar-refractivity contribution in [3.05, 3.63) is 89.6 Å². The van der Waals surface area contributed by atoms with Gasteiger partial charge in [0.1, 0.15) is 11.6 Å². The van der Waals surface area contributed by atoms with E-state index in [-0.39, 0.29) is 11.8 Å². The van der Waals surface area contributed by atoms with Crippen LogP contribution >= 0.6 is 0 Å². The van der Waals surface area contributed by atoms with Crippen LogP contribution in [0.1, 0.15) is 29.9 Å². The Labute approximate surface area is 227 Å². The molecule has 4 aromatic rings.